The van der Waals surface area contributed by atoms with Crippen LogP contribution in [0.15, 0.2) is 24.3 Å². The summed E-state index contributed by atoms with van der Waals surface area (Å²) in [6.07, 6.45) is -9.50. The zero-order valence-corrected chi connectivity index (χ0v) is 14.2. The quantitative estimate of drug-likeness (QED) is 0.394. The Morgan fingerprint density at radius 3 is 2.27 bits per heavy atom. The number of hydrogen-bond donors (Lipinski definition) is 5. The lowest BCUT2D eigenvalue weighted by atomic mass is 9.96. The van der Waals surface area contributed by atoms with Gasteiger partial charge >= 0.3 is 11.9 Å². The first-order chi connectivity index (χ1) is 12.2. The zero-order valence-electron chi connectivity index (χ0n) is 13.4. The van der Waals surface area contributed by atoms with Gasteiger partial charge in [0.05, 0.1) is 13.0 Å². The summed E-state index contributed by atoms with van der Waals surface area (Å²) < 4.78 is 9.77. The topological polar surface area (TPSA) is 154 Å². The molecule has 0 spiro atoms. The Bertz CT molecular complexity index is 635. The van der Waals surface area contributed by atoms with Crippen molar-refractivity contribution in [3.63, 3.8) is 0 Å². The second-order valence-electron chi connectivity index (χ2n) is 5.86. The summed E-state index contributed by atoms with van der Waals surface area (Å²) in [6.45, 7) is -0.371. The van der Waals surface area contributed by atoms with Gasteiger partial charge in [0.15, 0.2) is 6.10 Å². The van der Waals surface area contributed by atoms with Crippen molar-refractivity contribution in [1.82, 2.24) is 0 Å². The number of carboxylic acids is 1. The molecule has 0 aromatic heterocycles. The summed E-state index contributed by atoms with van der Waals surface area (Å²) in [5.74, 6) is -3.10. The molecule has 1 aromatic rings. The van der Waals surface area contributed by atoms with Gasteiger partial charge in [-0.15, -0.1) is 0 Å². The molecule has 1 unspecified atom stereocenters. The lowest BCUT2D eigenvalue weighted by Crippen LogP contribution is -2.60. The van der Waals surface area contributed by atoms with Crippen molar-refractivity contribution in [3.8, 4) is 0 Å². The first-order valence-electron chi connectivity index (χ1n) is 7.72. The molecule has 1 aromatic carbocycles. The van der Waals surface area contributed by atoms with Crippen LogP contribution < -0.4 is 0 Å². The van der Waals surface area contributed by atoms with Gasteiger partial charge in [0.2, 0.25) is 6.29 Å². The van der Waals surface area contributed by atoms with Crippen LogP contribution in [0.1, 0.15) is 17.9 Å². The van der Waals surface area contributed by atoms with Crippen molar-refractivity contribution in [2.45, 2.75) is 43.0 Å². The van der Waals surface area contributed by atoms with Crippen LogP contribution in [0.2, 0.25) is 5.02 Å². The molecule has 1 saturated heterocycles. The number of carbonyl (C=O) groups excluding carboxylic acids is 1. The average Bonchev–Trinajstić information content (AvgIpc) is 2.60. The number of halogens is 1. The maximum Gasteiger partial charge on any atom is 0.335 e. The van der Waals surface area contributed by atoms with Gasteiger partial charge in [0.25, 0.3) is 0 Å². The van der Waals surface area contributed by atoms with Crippen molar-refractivity contribution in [2.24, 2.45) is 0 Å². The van der Waals surface area contributed by atoms with Crippen LogP contribution in [0.3, 0.4) is 0 Å². The smallest absolute Gasteiger partial charge is 0.335 e. The summed E-state index contributed by atoms with van der Waals surface area (Å²) >= 11 is 5.78. The molecular weight excluding hydrogens is 372 g/mol. The first kappa shape index (κ1) is 20.6. The van der Waals surface area contributed by atoms with E-state index in [1.54, 1.807) is 24.3 Å². The summed E-state index contributed by atoms with van der Waals surface area (Å²) in [5.41, 5.74) is 0.623. The fourth-order valence-corrected chi connectivity index (χ4v) is 2.68. The molecule has 1 aliphatic rings. The van der Waals surface area contributed by atoms with E-state index in [4.69, 9.17) is 26.2 Å². The Morgan fingerprint density at radius 1 is 1.12 bits per heavy atom. The van der Waals surface area contributed by atoms with E-state index >= 15 is 0 Å². The van der Waals surface area contributed by atoms with Crippen molar-refractivity contribution in [1.29, 1.82) is 0 Å². The van der Waals surface area contributed by atoms with Crippen LogP contribution in [0.25, 0.3) is 0 Å². The van der Waals surface area contributed by atoms with Crippen molar-refractivity contribution in [3.05, 3.63) is 34.9 Å². The molecule has 0 amide bonds. The number of carboxylic acid groups (broad SMARTS) is 1. The van der Waals surface area contributed by atoms with Gasteiger partial charge in [-0.2, -0.15) is 0 Å². The summed E-state index contributed by atoms with van der Waals surface area (Å²) in [4.78, 5) is 23.1. The normalized spacial score (nSPS) is 29.8. The predicted molar refractivity (Wildman–Crippen MR) is 86.3 cm³/mol. The van der Waals surface area contributed by atoms with E-state index in [0.29, 0.717) is 10.6 Å². The highest BCUT2D eigenvalue weighted by atomic mass is 35.5. The molecule has 0 aliphatic carbocycles. The molecule has 0 bridgehead atoms. The number of aliphatic hydroxyl groups is 4. The summed E-state index contributed by atoms with van der Waals surface area (Å²) in [5, 5.41) is 48.0. The molecule has 0 saturated carbocycles. The van der Waals surface area contributed by atoms with Gasteiger partial charge < -0.3 is 35.0 Å². The average molecular weight is 391 g/mol. The molecule has 6 atom stereocenters. The molecule has 1 aliphatic heterocycles. The van der Waals surface area contributed by atoms with Gasteiger partial charge in [-0.05, 0) is 17.7 Å². The van der Waals surface area contributed by atoms with Gasteiger partial charge in [-0.1, -0.05) is 23.7 Å². The zero-order chi connectivity index (χ0) is 19.4. The van der Waals surface area contributed by atoms with Crippen molar-refractivity contribution >= 4 is 23.5 Å². The number of aliphatic carboxylic acids is 1. The lowest BCUT2D eigenvalue weighted by molar-refractivity contribution is -0.286. The molecule has 9 nitrogen and oxygen atoms in total. The standard InChI is InChI=1S/C16H19ClO9/c17-9-3-1-7(2-4-9)8(6-18)5-10(19)25-16-13(22)11(20)12(21)14(26-16)15(23)24/h1-4,8,11-14,16,18,20-22H,5-6H2,(H,23,24)/t8-,11-,12-,13+,14-,16?/m0/s1. The highest BCUT2D eigenvalue weighted by molar-refractivity contribution is 6.30. The van der Waals surface area contributed by atoms with Crippen LogP contribution in [0.5, 0.6) is 0 Å². The minimum atomic E-state index is -1.88. The molecular formula is C16H19ClO9. The van der Waals surface area contributed by atoms with Gasteiger partial charge in [-0.25, -0.2) is 4.79 Å². The Morgan fingerprint density at radius 2 is 1.73 bits per heavy atom. The Labute approximate surface area is 153 Å². The third kappa shape index (κ3) is 4.70. The SMILES string of the molecule is O=C(C[C@@H](CO)c1ccc(Cl)cc1)OC1O[C@H](C(=O)O)[C@@H](O)[C@H](O)[C@H]1O. The predicted octanol–water partition coefficient (Wildman–Crippen LogP) is -0.759. The first-order valence-corrected chi connectivity index (χ1v) is 8.10. The molecule has 1 fully saturated rings. The van der Waals surface area contributed by atoms with E-state index in [1.807, 2.05) is 0 Å². The number of esters is 1. The second kappa shape index (κ2) is 8.76. The molecule has 144 valence electrons. The van der Waals surface area contributed by atoms with E-state index in [9.17, 15) is 30.0 Å². The van der Waals surface area contributed by atoms with Crippen LogP contribution in [-0.2, 0) is 19.1 Å². The number of hydrogen-bond acceptors (Lipinski definition) is 8. The number of benzene rings is 1. The number of aliphatic hydroxyl groups excluding tert-OH is 4. The van der Waals surface area contributed by atoms with Gasteiger partial charge in [0, 0.05) is 10.9 Å². The maximum atomic E-state index is 12.1. The minimum Gasteiger partial charge on any atom is -0.479 e. The Hall–Kier alpha value is -1.75. The monoisotopic (exact) mass is 390 g/mol. The summed E-state index contributed by atoms with van der Waals surface area (Å²) in [6, 6.07) is 6.44. The second-order valence-corrected chi connectivity index (χ2v) is 6.30. The van der Waals surface area contributed by atoms with Crippen molar-refractivity contribution in [2.75, 3.05) is 6.61 Å². The molecule has 1 heterocycles. The van der Waals surface area contributed by atoms with Gasteiger partial charge in [0.1, 0.15) is 18.3 Å². The van der Waals surface area contributed by atoms with Crippen LogP contribution in [-0.4, -0.2) is 74.8 Å². The van der Waals surface area contributed by atoms with E-state index in [1.165, 1.54) is 0 Å². The third-order valence-corrected chi connectivity index (χ3v) is 4.29. The van der Waals surface area contributed by atoms with Gasteiger partial charge in [-0.3, -0.25) is 4.79 Å². The molecule has 26 heavy (non-hydrogen) atoms. The van der Waals surface area contributed by atoms with E-state index in [-0.39, 0.29) is 13.0 Å². The molecule has 0 radical (unpaired) electrons. The van der Waals surface area contributed by atoms with E-state index < -0.39 is 48.6 Å². The van der Waals surface area contributed by atoms with Crippen LogP contribution in [0, 0.1) is 0 Å². The highest BCUT2D eigenvalue weighted by Gasteiger charge is 2.48. The van der Waals surface area contributed by atoms with E-state index in [0.717, 1.165) is 0 Å². The van der Waals surface area contributed by atoms with Crippen molar-refractivity contribution < 1.29 is 44.6 Å². The Balaban J connectivity index is 2.03. The fourth-order valence-electron chi connectivity index (χ4n) is 2.55. The number of ether oxygens (including phenoxy) is 2. The summed E-state index contributed by atoms with van der Waals surface area (Å²) in [7, 11) is 0. The van der Waals surface area contributed by atoms with E-state index in [2.05, 4.69) is 0 Å². The van der Waals surface area contributed by atoms with Crippen LogP contribution >= 0.6 is 11.6 Å². The molecule has 5 N–H and O–H groups in total. The Kier molecular flexibility index (Phi) is 6.93. The molecule has 2 rings (SSSR count). The lowest BCUT2D eigenvalue weighted by Gasteiger charge is -2.38. The maximum absolute atomic E-state index is 12.1. The fraction of sp³-hybridized carbons (Fsp3) is 0.500. The third-order valence-electron chi connectivity index (χ3n) is 4.04. The minimum absolute atomic E-state index is 0.291. The highest BCUT2D eigenvalue weighted by Crippen LogP contribution is 2.25. The number of carbonyl (C=O) groups is 2. The largest absolute Gasteiger partial charge is 0.479 e. The van der Waals surface area contributed by atoms with Crippen LogP contribution in [0.4, 0.5) is 0 Å². The molecule has 10 heteroatoms. The number of rotatable bonds is 6.